The number of carbonyl (C=O) groups is 1. The van der Waals surface area contributed by atoms with E-state index in [1.807, 2.05) is 13.8 Å². The minimum absolute atomic E-state index is 0.110. The third-order valence-corrected chi connectivity index (χ3v) is 4.29. The van der Waals surface area contributed by atoms with Gasteiger partial charge in [-0.3, -0.25) is 9.48 Å². The number of carbonyl (C=O) groups excluding carboxylic acids is 1. The van der Waals surface area contributed by atoms with E-state index in [0.29, 0.717) is 17.8 Å². The Labute approximate surface area is 140 Å². The largest absolute Gasteiger partial charge is 0.387 e. The molecular weight excluding hydrogens is 309 g/mol. The van der Waals surface area contributed by atoms with E-state index in [1.54, 1.807) is 27.8 Å². The molecular formula is C18H22FN3O2. The highest BCUT2D eigenvalue weighted by molar-refractivity contribution is 5.93. The monoisotopic (exact) mass is 331 g/mol. The Morgan fingerprint density at radius 2 is 2.08 bits per heavy atom. The van der Waals surface area contributed by atoms with E-state index in [4.69, 9.17) is 0 Å². The normalized spacial score (nSPS) is 15.3. The first kappa shape index (κ1) is 16.6. The first-order valence-electron chi connectivity index (χ1n) is 8.28. The maximum atomic E-state index is 13.0. The molecule has 6 heteroatoms. The molecule has 1 fully saturated rings. The lowest BCUT2D eigenvalue weighted by atomic mass is 10.1. The quantitative estimate of drug-likeness (QED) is 0.885. The highest BCUT2D eigenvalue weighted by atomic mass is 19.1. The number of hydrogen-bond donors (Lipinski definition) is 1. The Bertz CT molecular complexity index is 722. The van der Waals surface area contributed by atoms with Gasteiger partial charge in [-0.2, -0.15) is 5.10 Å². The van der Waals surface area contributed by atoms with Gasteiger partial charge in [0.1, 0.15) is 11.5 Å². The first-order chi connectivity index (χ1) is 11.5. The van der Waals surface area contributed by atoms with Crippen molar-refractivity contribution in [2.45, 2.75) is 45.4 Å². The Morgan fingerprint density at radius 3 is 2.67 bits per heavy atom. The molecule has 1 aromatic heterocycles. The van der Waals surface area contributed by atoms with Crippen LogP contribution in [0.5, 0.6) is 0 Å². The van der Waals surface area contributed by atoms with E-state index in [9.17, 15) is 14.3 Å². The average molecular weight is 331 g/mol. The number of hydrogen-bond acceptors (Lipinski definition) is 3. The number of aliphatic hydroxyl groups is 1. The lowest BCUT2D eigenvalue weighted by molar-refractivity contribution is 0.0591. The molecule has 3 rings (SSSR count). The van der Waals surface area contributed by atoms with Crippen molar-refractivity contribution in [3.8, 4) is 0 Å². The zero-order chi connectivity index (χ0) is 17.3. The standard InChI is InChI=1S/C18H22FN3O2/c1-3-22-16(10-12(2)20-22)18(24)21(15-8-9-15)11-17(23)13-4-6-14(19)7-5-13/h4-7,10,15,17,23H,3,8-9,11H2,1-2H3. The van der Waals surface area contributed by atoms with E-state index in [-0.39, 0.29) is 24.3 Å². The van der Waals surface area contributed by atoms with Crippen LogP contribution in [0.4, 0.5) is 4.39 Å². The molecule has 0 bridgehead atoms. The SMILES string of the molecule is CCn1nc(C)cc1C(=O)N(CC(O)c1ccc(F)cc1)C1CC1. The predicted octanol–water partition coefficient (Wildman–Crippen LogP) is 2.69. The fourth-order valence-electron chi connectivity index (χ4n) is 2.87. The van der Waals surface area contributed by atoms with Crippen molar-refractivity contribution in [1.82, 2.24) is 14.7 Å². The van der Waals surface area contributed by atoms with Gasteiger partial charge in [-0.05, 0) is 50.5 Å². The topological polar surface area (TPSA) is 58.4 Å². The first-order valence-corrected chi connectivity index (χ1v) is 8.28. The Balaban J connectivity index is 1.79. The van der Waals surface area contributed by atoms with Gasteiger partial charge in [-0.15, -0.1) is 0 Å². The number of benzene rings is 1. The van der Waals surface area contributed by atoms with Crippen LogP contribution in [0.2, 0.25) is 0 Å². The van der Waals surface area contributed by atoms with Gasteiger partial charge in [0.2, 0.25) is 0 Å². The Morgan fingerprint density at radius 1 is 1.42 bits per heavy atom. The van der Waals surface area contributed by atoms with Crippen molar-refractivity contribution in [1.29, 1.82) is 0 Å². The van der Waals surface area contributed by atoms with Crippen molar-refractivity contribution < 1.29 is 14.3 Å². The third-order valence-electron chi connectivity index (χ3n) is 4.29. The fraction of sp³-hybridized carbons (Fsp3) is 0.444. The molecule has 1 aliphatic rings. The minimum atomic E-state index is -0.839. The molecule has 5 nitrogen and oxygen atoms in total. The van der Waals surface area contributed by atoms with Crippen LogP contribution in [0.25, 0.3) is 0 Å². The number of rotatable bonds is 6. The van der Waals surface area contributed by atoms with Gasteiger partial charge in [0.25, 0.3) is 5.91 Å². The maximum Gasteiger partial charge on any atom is 0.272 e. The van der Waals surface area contributed by atoms with Crippen LogP contribution in [0.15, 0.2) is 30.3 Å². The molecule has 0 spiro atoms. The molecule has 128 valence electrons. The fourth-order valence-corrected chi connectivity index (χ4v) is 2.87. The van der Waals surface area contributed by atoms with Crippen LogP contribution < -0.4 is 0 Å². The molecule has 1 N–H and O–H groups in total. The minimum Gasteiger partial charge on any atom is -0.387 e. The molecule has 1 heterocycles. The zero-order valence-corrected chi connectivity index (χ0v) is 13.9. The van der Waals surface area contributed by atoms with Gasteiger partial charge in [0.05, 0.1) is 18.3 Å². The summed E-state index contributed by atoms with van der Waals surface area (Å²) in [5.41, 5.74) is 1.96. The van der Waals surface area contributed by atoms with Crippen LogP contribution in [0.1, 0.15) is 47.6 Å². The summed E-state index contributed by atoms with van der Waals surface area (Å²) in [6, 6.07) is 7.68. The van der Waals surface area contributed by atoms with Gasteiger partial charge in [0, 0.05) is 12.6 Å². The van der Waals surface area contributed by atoms with E-state index in [0.717, 1.165) is 18.5 Å². The van der Waals surface area contributed by atoms with Gasteiger partial charge < -0.3 is 10.0 Å². The summed E-state index contributed by atoms with van der Waals surface area (Å²) in [4.78, 5) is 14.7. The summed E-state index contributed by atoms with van der Waals surface area (Å²) in [6.45, 7) is 4.62. The summed E-state index contributed by atoms with van der Waals surface area (Å²) >= 11 is 0. The number of amides is 1. The van der Waals surface area contributed by atoms with Crippen LogP contribution in [0.3, 0.4) is 0 Å². The lowest BCUT2D eigenvalue weighted by Crippen LogP contribution is -2.37. The summed E-state index contributed by atoms with van der Waals surface area (Å²) in [7, 11) is 0. The van der Waals surface area contributed by atoms with Crippen LogP contribution >= 0.6 is 0 Å². The molecule has 1 aromatic carbocycles. The smallest absolute Gasteiger partial charge is 0.272 e. The van der Waals surface area contributed by atoms with Crippen molar-refractivity contribution in [2.75, 3.05) is 6.54 Å². The number of halogens is 1. The van der Waals surface area contributed by atoms with Crippen LogP contribution in [-0.4, -0.2) is 38.3 Å². The second-order valence-electron chi connectivity index (χ2n) is 6.24. The predicted molar refractivity (Wildman–Crippen MR) is 88.1 cm³/mol. The summed E-state index contributed by atoms with van der Waals surface area (Å²) in [5.74, 6) is -0.454. The highest BCUT2D eigenvalue weighted by Crippen LogP contribution is 2.30. The van der Waals surface area contributed by atoms with Crippen molar-refractivity contribution in [3.05, 3.63) is 53.1 Å². The second-order valence-corrected chi connectivity index (χ2v) is 6.24. The number of nitrogens with zero attached hydrogens (tertiary/aromatic N) is 3. The van der Waals surface area contributed by atoms with Gasteiger partial charge >= 0.3 is 0 Å². The molecule has 2 aromatic rings. The molecule has 0 radical (unpaired) electrons. The number of aryl methyl sites for hydroxylation is 2. The molecule has 24 heavy (non-hydrogen) atoms. The van der Waals surface area contributed by atoms with Gasteiger partial charge in [-0.25, -0.2) is 4.39 Å². The molecule has 1 aliphatic carbocycles. The third kappa shape index (κ3) is 3.48. The molecule has 1 atom stereocenters. The summed E-state index contributed by atoms with van der Waals surface area (Å²) < 4.78 is 14.7. The van der Waals surface area contributed by atoms with Crippen molar-refractivity contribution >= 4 is 5.91 Å². The zero-order valence-electron chi connectivity index (χ0n) is 13.9. The Kier molecular flexibility index (Phi) is 4.66. The van der Waals surface area contributed by atoms with Gasteiger partial charge in [0.15, 0.2) is 0 Å². The molecule has 0 aliphatic heterocycles. The van der Waals surface area contributed by atoms with E-state index in [1.165, 1.54) is 12.1 Å². The van der Waals surface area contributed by atoms with E-state index in [2.05, 4.69) is 5.10 Å². The van der Waals surface area contributed by atoms with Crippen LogP contribution in [0, 0.1) is 12.7 Å². The van der Waals surface area contributed by atoms with E-state index < -0.39 is 6.10 Å². The molecule has 1 amide bonds. The number of aliphatic hydroxyl groups excluding tert-OH is 1. The number of aromatic nitrogens is 2. The summed E-state index contributed by atoms with van der Waals surface area (Å²) in [5, 5.41) is 14.8. The van der Waals surface area contributed by atoms with Crippen LogP contribution in [-0.2, 0) is 6.54 Å². The van der Waals surface area contributed by atoms with E-state index >= 15 is 0 Å². The van der Waals surface area contributed by atoms with Crippen molar-refractivity contribution in [3.63, 3.8) is 0 Å². The van der Waals surface area contributed by atoms with Crippen molar-refractivity contribution in [2.24, 2.45) is 0 Å². The lowest BCUT2D eigenvalue weighted by Gasteiger charge is -2.25. The maximum absolute atomic E-state index is 13.0. The molecule has 1 unspecified atom stereocenters. The Hall–Kier alpha value is -2.21. The average Bonchev–Trinajstić information content (AvgIpc) is 3.34. The second kappa shape index (κ2) is 6.73. The highest BCUT2D eigenvalue weighted by Gasteiger charge is 2.35. The molecule has 1 saturated carbocycles. The summed E-state index contributed by atoms with van der Waals surface area (Å²) in [6.07, 6.45) is 1.05. The molecule has 0 saturated heterocycles. The van der Waals surface area contributed by atoms with Gasteiger partial charge in [-0.1, -0.05) is 12.1 Å².